The molecule has 8 heteroatoms. The van der Waals surface area contributed by atoms with Crippen molar-refractivity contribution in [2.45, 2.75) is 59.0 Å². The van der Waals surface area contributed by atoms with E-state index in [1.54, 1.807) is 16.8 Å². The third kappa shape index (κ3) is 7.26. The van der Waals surface area contributed by atoms with Crippen LogP contribution in [0.15, 0.2) is 53.8 Å². The minimum Gasteiger partial charge on any atom is -0.431 e. The second kappa shape index (κ2) is 11.4. The predicted molar refractivity (Wildman–Crippen MR) is 125 cm³/mol. The molecule has 2 heterocycles. The molecule has 0 aromatic carbocycles. The molecule has 2 aliphatic carbocycles. The highest BCUT2D eigenvalue weighted by molar-refractivity contribution is 6.30. The van der Waals surface area contributed by atoms with Crippen LogP contribution in [0.2, 0.25) is 5.02 Å². The van der Waals surface area contributed by atoms with Crippen molar-refractivity contribution < 1.29 is 13.5 Å². The first-order valence-electron chi connectivity index (χ1n) is 11.1. The summed E-state index contributed by atoms with van der Waals surface area (Å²) < 4.78 is 30.3. The third-order valence-corrected chi connectivity index (χ3v) is 5.34. The fourth-order valence-electron chi connectivity index (χ4n) is 3.18. The standard InChI is InChI=1S/C14H22N2.C10H9ClF2N2O/c1-3-4-13(16-10-11-5-6-11)9-14(15-2)12-7-8-12;1-2-7-5-15-4-6(11)3-8(9(15)14-7)16-10(12)13/h4,9-10,12,15-16H,3,5-8H2,1-2H3;3-5,10H,2H2,1H3/b13-4-,14-9-;. The lowest BCUT2D eigenvalue weighted by atomic mass is 10.2. The zero-order chi connectivity index (χ0) is 23.1. The summed E-state index contributed by atoms with van der Waals surface area (Å²) >= 11 is 5.79. The Kier molecular flexibility index (Phi) is 8.56. The second-order valence-electron chi connectivity index (χ2n) is 7.86. The smallest absolute Gasteiger partial charge is 0.387 e. The van der Waals surface area contributed by atoms with E-state index in [2.05, 4.69) is 45.6 Å². The number of imidazole rings is 1. The Morgan fingerprint density at radius 2 is 2.06 bits per heavy atom. The van der Waals surface area contributed by atoms with Crippen LogP contribution >= 0.6 is 11.6 Å². The molecule has 2 aliphatic rings. The van der Waals surface area contributed by atoms with Crippen LogP contribution < -0.4 is 15.4 Å². The molecule has 0 unspecified atom stereocenters. The van der Waals surface area contributed by atoms with E-state index in [9.17, 15) is 8.78 Å². The van der Waals surface area contributed by atoms with Crippen LogP contribution in [-0.2, 0) is 6.42 Å². The third-order valence-electron chi connectivity index (χ3n) is 5.13. The van der Waals surface area contributed by atoms with Gasteiger partial charge in [-0.15, -0.1) is 0 Å². The number of allylic oxidation sites excluding steroid dienone is 4. The quantitative estimate of drug-likeness (QED) is 0.433. The van der Waals surface area contributed by atoms with Gasteiger partial charge < -0.3 is 19.8 Å². The van der Waals surface area contributed by atoms with Crippen molar-refractivity contribution in [3.63, 3.8) is 0 Å². The highest BCUT2D eigenvalue weighted by Crippen LogP contribution is 2.35. The number of aromatic nitrogens is 2. The average Bonchev–Trinajstić information content (AvgIpc) is 3.68. The molecule has 2 aromatic rings. The normalized spacial score (nSPS) is 16.0. The molecule has 2 N–H and O–H groups in total. The summed E-state index contributed by atoms with van der Waals surface area (Å²) in [6.45, 7) is 1.22. The molecule has 5 nitrogen and oxygen atoms in total. The molecule has 0 spiro atoms. The monoisotopic (exact) mass is 464 g/mol. The fourth-order valence-corrected chi connectivity index (χ4v) is 3.38. The summed E-state index contributed by atoms with van der Waals surface area (Å²) in [5, 5.41) is 7.05. The number of hydrogen-bond donors (Lipinski definition) is 2. The Bertz CT molecular complexity index is 1000. The van der Waals surface area contributed by atoms with Gasteiger partial charge in [0.15, 0.2) is 11.4 Å². The summed E-state index contributed by atoms with van der Waals surface area (Å²) in [6.07, 6.45) is 17.0. The van der Waals surface area contributed by atoms with Crippen molar-refractivity contribution in [3.05, 3.63) is 64.5 Å². The van der Waals surface area contributed by atoms with Gasteiger partial charge in [-0.05, 0) is 50.5 Å². The molecule has 0 amide bonds. The Labute approximate surface area is 193 Å². The van der Waals surface area contributed by atoms with Crippen molar-refractivity contribution in [2.24, 2.45) is 5.92 Å². The molecule has 0 atom stereocenters. The van der Waals surface area contributed by atoms with Crippen LogP contribution in [-0.4, -0.2) is 23.0 Å². The summed E-state index contributed by atoms with van der Waals surface area (Å²) in [7, 11) is 2.02. The van der Waals surface area contributed by atoms with Crippen molar-refractivity contribution >= 4 is 17.2 Å². The van der Waals surface area contributed by atoms with Crippen LogP contribution in [0.5, 0.6) is 5.75 Å². The molecule has 0 aliphatic heterocycles. The molecule has 2 saturated carbocycles. The number of nitrogens with one attached hydrogen (secondary N) is 2. The van der Waals surface area contributed by atoms with Gasteiger partial charge in [0.2, 0.25) is 0 Å². The van der Waals surface area contributed by atoms with Crippen molar-refractivity contribution in [2.75, 3.05) is 7.05 Å². The maximum atomic E-state index is 12.2. The maximum Gasteiger partial charge on any atom is 0.387 e. The van der Waals surface area contributed by atoms with Gasteiger partial charge in [-0.2, -0.15) is 8.78 Å². The molecular weight excluding hydrogens is 434 g/mol. The van der Waals surface area contributed by atoms with Gasteiger partial charge in [0.25, 0.3) is 0 Å². The number of fused-ring (bicyclic) bond motifs is 1. The van der Waals surface area contributed by atoms with Crippen molar-refractivity contribution in [3.8, 4) is 5.75 Å². The van der Waals surface area contributed by atoms with Crippen LogP contribution in [0.25, 0.3) is 5.65 Å². The number of ether oxygens (including phenoxy) is 1. The van der Waals surface area contributed by atoms with Gasteiger partial charge in [-0.1, -0.05) is 37.1 Å². The number of alkyl halides is 2. The van der Waals surface area contributed by atoms with Crippen molar-refractivity contribution in [1.82, 2.24) is 20.0 Å². The van der Waals surface area contributed by atoms with Crippen LogP contribution in [0, 0.1) is 5.92 Å². The van der Waals surface area contributed by atoms with Gasteiger partial charge in [-0.25, -0.2) is 4.98 Å². The Hall–Kier alpha value is -2.54. The predicted octanol–water partition coefficient (Wildman–Crippen LogP) is 6.21. The Morgan fingerprint density at radius 1 is 1.31 bits per heavy atom. The van der Waals surface area contributed by atoms with Crippen LogP contribution in [0.3, 0.4) is 0 Å². The summed E-state index contributed by atoms with van der Waals surface area (Å²) in [5.74, 6) is 0.767. The maximum absolute atomic E-state index is 12.2. The number of aryl methyl sites for hydroxylation is 1. The zero-order valence-corrected chi connectivity index (χ0v) is 19.6. The molecule has 4 rings (SSSR count). The number of rotatable bonds is 9. The number of hydrogen-bond acceptors (Lipinski definition) is 4. The molecule has 0 radical (unpaired) electrons. The fraction of sp³-hybridized carbons (Fsp3) is 0.458. The Balaban J connectivity index is 0.000000181. The van der Waals surface area contributed by atoms with E-state index < -0.39 is 6.61 Å². The van der Waals surface area contributed by atoms with Gasteiger partial charge in [-0.3, -0.25) is 0 Å². The summed E-state index contributed by atoms with van der Waals surface area (Å²) in [4.78, 5) is 4.17. The van der Waals surface area contributed by atoms with E-state index >= 15 is 0 Å². The molecule has 2 aromatic heterocycles. The van der Waals surface area contributed by atoms with Gasteiger partial charge in [0.1, 0.15) is 0 Å². The molecule has 0 bridgehead atoms. The molecule has 32 heavy (non-hydrogen) atoms. The summed E-state index contributed by atoms with van der Waals surface area (Å²) in [6, 6.07) is 1.33. The average molecular weight is 465 g/mol. The van der Waals surface area contributed by atoms with E-state index in [1.165, 1.54) is 48.7 Å². The molecule has 174 valence electrons. The molecule has 0 saturated heterocycles. The second-order valence-corrected chi connectivity index (χ2v) is 8.29. The lowest BCUT2D eigenvalue weighted by Gasteiger charge is -2.08. The number of halogens is 3. The topological polar surface area (TPSA) is 50.6 Å². The minimum absolute atomic E-state index is 0.0119. The number of nitrogens with zero attached hydrogens (tertiary/aromatic N) is 2. The largest absolute Gasteiger partial charge is 0.431 e. The van der Waals surface area contributed by atoms with Crippen LogP contribution in [0.4, 0.5) is 8.78 Å². The highest BCUT2D eigenvalue weighted by atomic mass is 35.5. The van der Waals surface area contributed by atoms with E-state index in [4.69, 9.17) is 11.6 Å². The highest BCUT2D eigenvalue weighted by Gasteiger charge is 2.25. The van der Waals surface area contributed by atoms with Crippen LogP contribution in [0.1, 0.15) is 51.6 Å². The summed E-state index contributed by atoms with van der Waals surface area (Å²) in [5.41, 5.74) is 5.29. The van der Waals surface area contributed by atoms with Gasteiger partial charge >= 0.3 is 6.61 Å². The lowest BCUT2D eigenvalue weighted by Crippen LogP contribution is -2.11. The Morgan fingerprint density at radius 3 is 2.62 bits per heavy atom. The van der Waals surface area contributed by atoms with Crippen molar-refractivity contribution in [1.29, 1.82) is 0 Å². The zero-order valence-electron chi connectivity index (χ0n) is 18.8. The first kappa shape index (κ1) is 24.1. The molecule has 2 fully saturated rings. The number of pyridine rings is 1. The lowest BCUT2D eigenvalue weighted by molar-refractivity contribution is -0.0491. The van der Waals surface area contributed by atoms with Gasteiger partial charge in [0.05, 0.1) is 10.7 Å². The minimum atomic E-state index is -2.89. The first-order chi connectivity index (χ1) is 15.4. The first-order valence-corrected chi connectivity index (χ1v) is 11.5. The molecular formula is C24H31ClF2N4O. The van der Waals surface area contributed by atoms with E-state index in [0.717, 1.165) is 18.0 Å². The SMILES string of the molecule is CC/C=C(/C=C(\NC)C1CC1)NC=C1CC1.CCc1cn2cc(Cl)cc(OC(F)F)c2n1. The van der Waals surface area contributed by atoms with E-state index in [-0.39, 0.29) is 5.75 Å². The van der Waals surface area contributed by atoms with E-state index in [1.807, 2.05) is 14.0 Å². The van der Waals surface area contributed by atoms with E-state index in [0.29, 0.717) is 17.1 Å². The van der Waals surface area contributed by atoms with Gasteiger partial charge in [0, 0.05) is 43.1 Å².